The first-order valence-electron chi connectivity index (χ1n) is 13.5. The smallest absolute Gasteiger partial charge is 0.246 e. The van der Waals surface area contributed by atoms with Crippen LogP contribution in [0.1, 0.15) is 43.9 Å². The van der Waals surface area contributed by atoms with E-state index in [1.54, 1.807) is 40.5 Å². The third-order valence-corrected chi connectivity index (χ3v) is 9.08. The lowest BCUT2D eigenvalue weighted by molar-refractivity contribution is -0.142. The summed E-state index contributed by atoms with van der Waals surface area (Å²) in [7, 11) is 0. The number of anilines is 1. The highest BCUT2D eigenvalue weighted by Crippen LogP contribution is 2.55. The topological polar surface area (TPSA) is 97.0 Å². The Balaban J connectivity index is 1.28. The largest absolute Gasteiger partial charge is 0.494 e. The second-order valence-corrected chi connectivity index (χ2v) is 11.6. The first-order valence-corrected chi connectivity index (χ1v) is 14.4. The molecule has 9 heteroatoms. The van der Waals surface area contributed by atoms with E-state index in [0.29, 0.717) is 18.8 Å². The molecule has 1 saturated carbocycles. The summed E-state index contributed by atoms with van der Waals surface area (Å²) in [6.07, 6.45) is 8.41. The van der Waals surface area contributed by atoms with Crippen LogP contribution in [0.15, 0.2) is 53.9 Å². The fourth-order valence-electron chi connectivity index (χ4n) is 6.56. The van der Waals surface area contributed by atoms with Gasteiger partial charge in [0.05, 0.1) is 31.1 Å². The van der Waals surface area contributed by atoms with Gasteiger partial charge in [0.2, 0.25) is 17.7 Å². The molecule has 4 heterocycles. The molecule has 0 radical (unpaired) electrons. The van der Waals surface area contributed by atoms with E-state index in [4.69, 9.17) is 9.47 Å². The summed E-state index contributed by atoms with van der Waals surface area (Å²) >= 11 is 1.55. The first kappa shape index (κ1) is 25.1. The van der Waals surface area contributed by atoms with Crippen LogP contribution < -0.4 is 15.4 Å². The Morgan fingerprint density at radius 2 is 1.92 bits per heavy atom. The van der Waals surface area contributed by atoms with Crippen LogP contribution in [0.3, 0.4) is 0 Å². The van der Waals surface area contributed by atoms with E-state index in [1.165, 1.54) is 6.42 Å². The van der Waals surface area contributed by atoms with E-state index < -0.39 is 29.6 Å². The van der Waals surface area contributed by atoms with Gasteiger partial charge in [-0.05, 0) is 55.5 Å². The molecule has 5 atom stereocenters. The summed E-state index contributed by atoms with van der Waals surface area (Å²) < 4.78 is 11.9. The molecule has 200 valence electrons. The molecule has 2 bridgehead atoms. The lowest BCUT2D eigenvalue weighted by Gasteiger charge is -2.34. The zero-order valence-electron chi connectivity index (χ0n) is 21.4. The maximum absolute atomic E-state index is 14.0. The molecule has 3 fully saturated rings. The van der Waals surface area contributed by atoms with Gasteiger partial charge in [-0.25, -0.2) is 0 Å². The number of carbonyl (C=O) groups excluding carboxylic acids is 3. The molecule has 2 aromatic rings. The zero-order valence-corrected chi connectivity index (χ0v) is 22.2. The first-order chi connectivity index (χ1) is 18.5. The molecule has 2 saturated heterocycles. The number of amides is 3. The molecule has 1 spiro atoms. The number of hydrogen-bond acceptors (Lipinski definition) is 6. The molecule has 1 aromatic heterocycles. The van der Waals surface area contributed by atoms with Gasteiger partial charge < -0.3 is 25.0 Å². The Bertz CT molecular complexity index is 1220. The van der Waals surface area contributed by atoms with Crippen LogP contribution in [-0.4, -0.2) is 53.0 Å². The third-order valence-electron chi connectivity index (χ3n) is 8.22. The van der Waals surface area contributed by atoms with Crippen LogP contribution in [0.5, 0.6) is 5.75 Å². The van der Waals surface area contributed by atoms with Crippen molar-refractivity contribution in [1.29, 1.82) is 0 Å². The number of rotatable bonds is 8. The molecule has 1 aromatic carbocycles. The number of fused-ring (bicyclic) bond motifs is 1. The molecule has 1 aliphatic carbocycles. The van der Waals surface area contributed by atoms with Crippen LogP contribution >= 0.6 is 11.3 Å². The normalized spacial score (nSPS) is 29.9. The molecular formula is C29H33N3O5S. The maximum atomic E-state index is 14.0. The number of nitrogens with one attached hydrogen (secondary N) is 2. The number of likely N-dealkylation sites (tertiary alicyclic amines) is 1. The Labute approximate surface area is 226 Å². The second-order valence-electron chi connectivity index (χ2n) is 10.5. The van der Waals surface area contributed by atoms with Crippen molar-refractivity contribution in [2.24, 2.45) is 11.8 Å². The summed E-state index contributed by atoms with van der Waals surface area (Å²) in [5, 5.41) is 8.14. The summed E-state index contributed by atoms with van der Waals surface area (Å²) in [4.78, 5) is 44.1. The van der Waals surface area contributed by atoms with Crippen molar-refractivity contribution < 1.29 is 23.9 Å². The number of hydrogen-bond donors (Lipinski definition) is 2. The highest BCUT2D eigenvalue weighted by Gasteiger charge is 2.72. The van der Waals surface area contributed by atoms with Crippen molar-refractivity contribution in [3.63, 3.8) is 0 Å². The number of nitrogens with zero attached hydrogens (tertiary/aromatic N) is 1. The molecule has 3 amide bonds. The van der Waals surface area contributed by atoms with E-state index in [-0.39, 0.29) is 23.8 Å². The molecule has 4 aliphatic rings. The summed E-state index contributed by atoms with van der Waals surface area (Å²) in [6, 6.07) is 10.3. The van der Waals surface area contributed by atoms with Gasteiger partial charge in [-0.1, -0.05) is 37.5 Å². The van der Waals surface area contributed by atoms with Crippen molar-refractivity contribution in [1.82, 2.24) is 10.2 Å². The van der Waals surface area contributed by atoms with E-state index in [1.807, 2.05) is 36.6 Å². The van der Waals surface area contributed by atoms with Crippen LogP contribution in [0, 0.1) is 11.8 Å². The van der Waals surface area contributed by atoms with E-state index in [2.05, 4.69) is 10.6 Å². The zero-order chi connectivity index (χ0) is 26.3. The Kier molecular flexibility index (Phi) is 6.74. The number of ether oxygens (including phenoxy) is 2. The molecule has 3 aliphatic heterocycles. The van der Waals surface area contributed by atoms with Gasteiger partial charge in [0, 0.05) is 16.6 Å². The van der Waals surface area contributed by atoms with Crippen molar-refractivity contribution in [3.8, 4) is 5.75 Å². The van der Waals surface area contributed by atoms with Gasteiger partial charge in [0.1, 0.15) is 17.4 Å². The van der Waals surface area contributed by atoms with Crippen molar-refractivity contribution in [3.05, 3.63) is 58.8 Å². The van der Waals surface area contributed by atoms with Crippen LogP contribution in [-0.2, 0) is 25.7 Å². The molecule has 8 nitrogen and oxygen atoms in total. The Morgan fingerprint density at radius 1 is 1.13 bits per heavy atom. The summed E-state index contributed by atoms with van der Waals surface area (Å²) in [6.45, 7) is 2.78. The van der Waals surface area contributed by atoms with E-state index in [0.717, 1.165) is 36.3 Å². The minimum absolute atomic E-state index is 0.103. The highest BCUT2D eigenvalue weighted by molar-refractivity contribution is 7.09. The summed E-state index contributed by atoms with van der Waals surface area (Å²) in [5.41, 5.74) is -0.537. The minimum Gasteiger partial charge on any atom is -0.494 e. The lowest BCUT2D eigenvalue weighted by Crippen LogP contribution is -2.56. The summed E-state index contributed by atoms with van der Waals surface area (Å²) in [5.74, 6) is -1.45. The van der Waals surface area contributed by atoms with Crippen molar-refractivity contribution >= 4 is 34.7 Å². The van der Waals surface area contributed by atoms with Gasteiger partial charge in [-0.15, -0.1) is 11.3 Å². The number of thiophene rings is 1. The molecule has 3 unspecified atom stereocenters. The molecular weight excluding hydrogens is 502 g/mol. The average Bonchev–Trinajstić information content (AvgIpc) is 3.69. The molecule has 6 rings (SSSR count). The van der Waals surface area contributed by atoms with Gasteiger partial charge in [0.25, 0.3) is 0 Å². The number of carbonyl (C=O) groups is 3. The Morgan fingerprint density at radius 3 is 2.63 bits per heavy atom. The minimum atomic E-state index is -1.15. The van der Waals surface area contributed by atoms with Crippen molar-refractivity contribution in [2.75, 3.05) is 11.9 Å². The van der Waals surface area contributed by atoms with E-state index >= 15 is 0 Å². The third kappa shape index (κ3) is 4.31. The second kappa shape index (κ2) is 10.2. The van der Waals surface area contributed by atoms with E-state index in [9.17, 15) is 14.4 Å². The van der Waals surface area contributed by atoms with Crippen LogP contribution in [0.25, 0.3) is 0 Å². The lowest BCUT2D eigenvalue weighted by atomic mass is 9.74. The molecule has 38 heavy (non-hydrogen) atoms. The van der Waals surface area contributed by atoms with Crippen molar-refractivity contribution in [2.45, 2.75) is 69.4 Å². The SMILES string of the molecule is CCOc1ccc(NC(=O)C2[C@@H]3C=CC4(O3)C(C(=O)NC3CCCCC3)N(Cc3cccs3)C(=O)[C@H]24)cc1. The quantitative estimate of drug-likeness (QED) is 0.500. The standard InChI is InChI=1S/C29H33N3O5S/c1-2-36-20-12-10-19(11-13-20)30-26(33)23-22-14-15-29(37-22)24(23)28(35)32(17-21-9-6-16-38-21)25(29)27(34)31-18-7-4-3-5-8-18/h6,9-16,18,22-25H,2-5,7-8,17H2,1H3,(H,30,33)(H,31,34)/t22-,23?,24-,25?,29?/m0/s1. The van der Waals surface area contributed by atoms with Gasteiger partial charge in [0.15, 0.2) is 0 Å². The predicted octanol–water partition coefficient (Wildman–Crippen LogP) is 3.89. The van der Waals surface area contributed by atoms with Gasteiger partial charge in [-0.3, -0.25) is 14.4 Å². The monoisotopic (exact) mass is 535 g/mol. The Hall–Kier alpha value is -3.17. The van der Waals surface area contributed by atoms with Crippen LogP contribution in [0.4, 0.5) is 5.69 Å². The average molecular weight is 536 g/mol. The maximum Gasteiger partial charge on any atom is 0.246 e. The predicted molar refractivity (Wildman–Crippen MR) is 144 cm³/mol. The fourth-order valence-corrected chi connectivity index (χ4v) is 7.26. The molecule has 2 N–H and O–H groups in total. The van der Waals surface area contributed by atoms with Gasteiger partial charge in [-0.2, -0.15) is 0 Å². The highest BCUT2D eigenvalue weighted by atomic mass is 32.1. The fraction of sp³-hybridized carbons (Fsp3) is 0.483. The van der Waals surface area contributed by atoms with Crippen LogP contribution in [0.2, 0.25) is 0 Å². The van der Waals surface area contributed by atoms with Gasteiger partial charge >= 0.3 is 0 Å². The number of benzene rings is 1.